The number of aromatic nitrogens is 3. The predicted molar refractivity (Wildman–Crippen MR) is 127 cm³/mol. The summed E-state index contributed by atoms with van der Waals surface area (Å²) in [5, 5.41) is 3.16. The van der Waals surface area contributed by atoms with Crippen LogP contribution in [-0.4, -0.2) is 58.7 Å². The fourth-order valence-electron chi connectivity index (χ4n) is 5.17. The minimum Gasteiger partial charge on any atom is -0.396 e. The highest BCUT2D eigenvalue weighted by Gasteiger charge is 2.41. The number of hydrogen-bond donors (Lipinski definition) is 3. The van der Waals surface area contributed by atoms with E-state index in [0.717, 1.165) is 56.2 Å². The zero-order valence-corrected chi connectivity index (χ0v) is 19.3. The molecule has 2 saturated heterocycles. The van der Waals surface area contributed by atoms with E-state index in [0.29, 0.717) is 26.8 Å². The number of aryl methyl sites for hydroxylation is 2. The average molecular weight is 466 g/mol. The Labute approximate surface area is 195 Å². The number of nitrogens with two attached hydrogens (primary N) is 2. The molecule has 9 nitrogen and oxygen atoms in total. The maximum atomic E-state index is 13.0. The van der Waals surface area contributed by atoms with Gasteiger partial charge in [-0.25, -0.2) is 15.0 Å². The van der Waals surface area contributed by atoms with Crippen LogP contribution in [0.2, 0.25) is 0 Å². The van der Waals surface area contributed by atoms with Gasteiger partial charge in [0, 0.05) is 43.0 Å². The summed E-state index contributed by atoms with van der Waals surface area (Å²) in [5.41, 5.74) is 16.6. The van der Waals surface area contributed by atoms with Gasteiger partial charge in [-0.15, -0.1) is 11.3 Å². The first-order valence-corrected chi connectivity index (χ1v) is 12.2. The highest BCUT2D eigenvalue weighted by atomic mass is 32.1. The van der Waals surface area contributed by atoms with Crippen molar-refractivity contribution in [2.75, 3.05) is 30.3 Å². The molecule has 5 N–H and O–H groups in total. The van der Waals surface area contributed by atoms with Crippen LogP contribution in [0.5, 0.6) is 0 Å². The van der Waals surface area contributed by atoms with Crippen molar-refractivity contribution in [3.05, 3.63) is 40.2 Å². The molecule has 1 aliphatic carbocycles. The molecule has 33 heavy (non-hydrogen) atoms. The first-order chi connectivity index (χ1) is 16.0. The predicted octanol–water partition coefficient (Wildman–Crippen LogP) is 1.43. The number of anilines is 2. The molecule has 5 heterocycles. The molecule has 2 fully saturated rings. The van der Waals surface area contributed by atoms with Gasteiger partial charge in [0.2, 0.25) is 0 Å². The molecule has 0 radical (unpaired) electrons. The number of amides is 1. The Morgan fingerprint density at radius 3 is 3.03 bits per heavy atom. The van der Waals surface area contributed by atoms with Gasteiger partial charge >= 0.3 is 0 Å². The number of nitrogens with one attached hydrogen (secondary N) is 1. The van der Waals surface area contributed by atoms with Crippen LogP contribution in [0.3, 0.4) is 0 Å². The van der Waals surface area contributed by atoms with Gasteiger partial charge in [0.25, 0.3) is 5.91 Å². The summed E-state index contributed by atoms with van der Waals surface area (Å²) in [6, 6.07) is 4.41. The van der Waals surface area contributed by atoms with E-state index in [-0.39, 0.29) is 24.1 Å². The molecule has 3 aromatic heterocycles. The third-order valence-corrected chi connectivity index (χ3v) is 8.12. The minimum absolute atomic E-state index is 0.0437. The standard InChI is InChI=1S/C23H27N7O2S/c1-11-7-26-20-19(25)21(33-23(20)27-11)22(31)28-14-3-4-15-12(6-14)2-5-17(29-15)30-8-13-10-32-16(9-30)18(13)24/h2,5,7,13-14,16,18H,3-4,6,8-10,24-25H2,1H3,(H,28,31). The molecular weight excluding hydrogens is 438 g/mol. The van der Waals surface area contributed by atoms with Crippen LogP contribution in [0, 0.1) is 12.8 Å². The van der Waals surface area contributed by atoms with Gasteiger partial charge in [-0.2, -0.15) is 0 Å². The highest BCUT2D eigenvalue weighted by Crippen LogP contribution is 2.32. The molecule has 1 amide bonds. The topological polar surface area (TPSA) is 132 Å². The minimum atomic E-state index is -0.159. The SMILES string of the molecule is Cc1cnc2c(N)c(C(=O)NC3CCc4nc(N5CC6COC(C5)C6N)ccc4C3)sc2n1. The van der Waals surface area contributed by atoms with Gasteiger partial charge in [-0.3, -0.25) is 4.79 Å². The molecule has 0 aromatic carbocycles. The van der Waals surface area contributed by atoms with E-state index in [1.807, 2.05) is 6.92 Å². The largest absolute Gasteiger partial charge is 0.396 e. The second kappa shape index (κ2) is 7.89. The molecule has 3 aromatic rings. The summed E-state index contributed by atoms with van der Waals surface area (Å²) < 4.78 is 5.82. The van der Waals surface area contributed by atoms with Crippen LogP contribution in [0.4, 0.5) is 11.5 Å². The van der Waals surface area contributed by atoms with Crippen molar-refractivity contribution >= 4 is 39.1 Å². The molecule has 0 spiro atoms. The fourth-order valence-corrected chi connectivity index (χ4v) is 6.17. The third-order valence-electron chi connectivity index (χ3n) is 7.03. The first kappa shape index (κ1) is 20.8. The smallest absolute Gasteiger partial charge is 0.263 e. The summed E-state index contributed by atoms with van der Waals surface area (Å²) >= 11 is 1.30. The van der Waals surface area contributed by atoms with Crippen molar-refractivity contribution in [3.63, 3.8) is 0 Å². The molecule has 10 heteroatoms. The monoisotopic (exact) mass is 465 g/mol. The van der Waals surface area contributed by atoms with Crippen LogP contribution >= 0.6 is 11.3 Å². The number of thiophene rings is 1. The Kier molecular flexibility index (Phi) is 4.97. The quantitative estimate of drug-likeness (QED) is 0.529. The van der Waals surface area contributed by atoms with E-state index in [1.165, 1.54) is 16.9 Å². The van der Waals surface area contributed by atoms with Crippen molar-refractivity contribution in [3.8, 4) is 0 Å². The van der Waals surface area contributed by atoms with Crippen molar-refractivity contribution in [1.82, 2.24) is 20.3 Å². The zero-order valence-electron chi connectivity index (χ0n) is 18.5. The van der Waals surface area contributed by atoms with E-state index in [9.17, 15) is 4.79 Å². The molecule has 4 unspecified atom stereocenters. The van der Waals surface area contributed by atoms with Crippen molar-refractivity contribution in [1.29, 1.82) is 0 Å². The Morgan fingerprint density at radius 2 is 2.18 bits per heavy atom. The summed E-state index contributed by atoms with van der Waals surface area (Å²) in [4.78, 5) is 30.2. The lowest BCUT2D eigenvalue weighted by Crippen LogP contribution is -2.52. The number of carbonyl (C=O) groups is 1. The molecule has 6 rings (SSSR count). The summed E-state index contributed by atoms with van der Waals surface area (Å²) in [5.74, 6) is 1.21. The number of piperidine rings is 1. The fraction of sp³-hybridized carbons (Fsp3) is 0.478. The molecule has 0 saturated carbocycles. The number of carbonyl (C=O) groups excluding carboxylic acids is 1. The van der Waals surface area contributed by atoms with Crippen LogP contribution in [0.15, 0.2) is 18.3 Å². The number of hydrogen-bond acceptors (Lipinski definition) is 9. The lowest BCUT2D eigenvalue weighted by Gasteiger charge is -2.35. The van der Waals surface area contributed by atoms with Gasteiger partial charge in [0.05, 0.1) is 24.1 Å². The second-order valence-electron chi connectivity index (χ2n) is 9.31. The number of ether oxygens (including phenoxy) is 1. The van der Waals surface area contributed by atoms with E-state index in [2.05, 4.69) is 32.3 Å². The van der Waals surface area contributed by atoms with Crippen molar-refractivity contribution < 1.29 is 9.53 Å². The van der Waals surface area contributed by atoms with Gasteiger partial charge in [0.15, 0.2) is 0 Å². The summed E-state index contributed by atoms with van der Waals surface area (Å²) in [6.45, 7) is 4.30. The van der Waals surface area contributed by atoms with E-state index in [1.54, 1.807) is 6.20 Å². The zero-order chi connectivity index (χ0) is 22.7. The summed E-state index contributed by atoms with van der Waals surface area (Å²) in [7, 11) is 0. The Hall–Kier alpha value is -2.82. The number of nitrogen functional groups attached to an aromatic ring is 1. The highest BCUT2D eigenvalue weighted by molar-refractivity contribution is 7.21. The number of nitrogens with zero attached hydrogens (tertiary/aromatic N) is 4. The molecule has 3 aliphatic rings. The molecule has 2 bridgehead atoms. The van der Waals surface area contributed by atoms with E-state index in [4.69, 9.17) is 21.2 Å². The van der Waals surface area contributed by atoms with E-state index >= 15 is 0 Å². The molecular formula is C23H27N7O2S. The lowest BCUT2D eigenvalue weighted by molar-refractivity contribution is 0.0938. The van der Waals surface area contributed by atoms with Crippen molar-refractivity contribution in [2.45, 2.75) is 44.4 Å². The molecule has 172 valence electrons. The van der Waals surface area contributed by atoms with Crippen LogP contribution in [0.25, 0.3) is 10.3 Å². The number of rotatable bonds is 3. The second-order valence-corrected chi connectivity index (χ2v) is 10.3. The molecule has 2 aliphatic heterocycles. The Bertz CT molecular complexity index is 1230. The van der Waals surface area contributed by atoms with Crippen LogP contribution < -0.4 is 21.7 Å². The summed E-state index contributed by atoms with van der Waals surface area (Å²) in [6.07, 6.45) is 4.19. The maximum Gasteiger partial charge on any atom is 0.263 e. The first-order valence-electron chi connectivity index (χ1n) is 11.4. The number of pyridine rings is 1. The van der Waals surface area contributed by atoms with Crippen LogP contribution in [0.1, 0.15) is 33.0 Å². The molecule has 4 atom stereocenters. The van der Waals surface area contributed by atoms with Gasteiger partial charge < -0.3 is 26.4 Å². The van der Waals surface area contributed by atoms with Gasteiger partial charge in [-0.05, 0) is 37.8 Å². The average Bonchev–Trinajstić information content (AvgIpc) is 3.21. The third kappa shape index (κ3) is 3.62. The van der Waals surface area contributed by atoms with E-state index < -0.39 is 0 Å². The van der Waals surface area contributed by atoms with Gasteiger partial charge in [0.1, 0.15) is 21.0 Å². The lowest BCUT2D eigenvalue weighted by atomic mass is 9.91. The normalized spacial score (nSPS) is 26.4. The van der Waals surface area contributed by atoms with Gasteiger partial charge in [-0.1, -0.05) is 6.07 Å². The Balaban J connectivity index is 1.15. The maximum absolute atomic E-state index is 13.0. The number of fused-ring (bicyclic) bond motifs is 4. The Morgan fingerprint density at radius 1 is 1.30 bits per heavy atom. The van der Waals surface area contributed by atoms with Crippen LogP contribution in [-0.2, 0) is 17.6 Å². The van der Waals surface area contributed by atoms with Crippen molar-refractivity contribution in [2.24, 2.45) is 11.7 Å².